The van der Waals surface area contributed by atoms with Crippen molar-refractivity contribution in [1.82, 2.24) is 15.2 Å². The molecule has 7 heteroatoms. The largest absolute Gasteiger partial charge is 0.357 e. The van der Waals surface area contributed by atoms with E-state index in [2.05, 4.69) is 15.2 Å². The third-order valence-corrected chi connectivity index (χ3v) is 5.96. The fourth-order valence-electron chi connectivity index (χ4n) is 4.13. The van der Waals surface area contributed by atoms with Gasteiger partial charge >= 0.3 is 0 Å². The van der Waals surface area contributed by atoms with Crippen molar-refractivity contribution >= 4 is 17.6 Å². The molecule has 0 saturated carbocycles. The topological polar surface area (TPSA) is 65.5 Å². The molecule has 1 aromatic carbocycles. The Kier molecular flexibility index (Phi) is 6.26. The molecule has 2 amide bonds. The lowest BCUT2D eigenvalue weighted by Gasteiger charge is -2.32. The molecule has 0 radical (unpaired) electrons. The van der Waals surface area contributed by atoms with E-state index < -0.39 is 0 Å². The third-order valence-electron chi connectivity index (χ3n) is 5.96. The maximum absolute atomic E-state index is 13.0. The molecular formula is C23H27FN4O2. The van der Waals surface area contributed by atoms with Gasteiger partial charge in [-0.1, -0.05) is 12.1 Å². The predicted molar refractivity (Wildman–Crippen MR) is 113 cm³/mol. The van der Waals surface area contributed by atoms with Gasteiger partial charge in [-0.05, 0) is 55.5 Å². The van der Waals surface area contributed by atoms with Crippen LogP contribution in [-0.4, -0.2) is 47.9 Å². The standard InChI is InChI=1S/C23H27FN4O2/c24-20-5-3-17(4-6-20)16-26-22(29)18-8-13-27(14-9-18)21-15-19(7-10-25-21)23(30)28-11-1-2-12-28/h3-7,10,15,18H,1-2,8-9,11-14,16H2,(H,26,29). The lowest BCUT2D eigenvalue weighted by Crippen LogP contribution is -2.40. The van der Waals surface area contributed by atoms with Crippen LogP contribution in [0.4, 0.5) is 10.2 Å². The zero-order valence-electron chi connectivity index (χ0n) is 17.0. The molecule has 0 spiro atoms. The van der Waals surface area contributed by atoms with E-state index in [9.17, 15) is 14.0 Å². The van der Waals surface area contributed by atoms with Gasteiger partial charge in [0.15, 0.2) is 0 Å². The molecule has 4 rings (SSSR count). The quantitative estimate of drug-likeness (QED) is 0.823. The first-order chi connectivity index (χ1) is 14.6. The van der Waals surface area contributed by atoms with Crippen LogP contribution in [0.3, 0.4) is 0 Å². The lowest BCUT2D eigenvalue weighted by atomic mass is 9.95. The average Bonchev–Trinajstić information content (AvgIpc) is 3.33. The van der Waals surface area contributed by atoms with Crippen molar-refractivity contribution in [2.24, 2.45) is 5.92 Å². The minimum atomic E-state index is -0.280. The van der Waals surface area contributed by atoms with E-state index in [1.807, 2.05) is 11.0 Å². The summed E-state index contributed by atoms with van der Waals surface area (Å²) in [5, 5.41) is 2.95. The van der Waals surface area contributed by atoms with E-state index in [1.54, 1.807) is 24.4 Å². The number of carbonyl (C=O) groups is 2. The highest BCUT2D eigenvalue weighted by molar-refractivity contribution is 5.95. The first-order valence-corrected chi connectivity index (χ1v) is 10.6. The number of hydrogen-bond donors (Lipinski definition) is 1. The van der Waals surface area contributed by atoms with Crippen LogP contribution in [0.5, 0.6) is 0 Å². The number of hydrogen-bond acceptors (Lipinski definition) is 4. The molecule has 0 atom stereocenters. The smallest absolute Gasteiger partial charge is 0.254 e. The summed E-state index contributed by atoms with van der Waals surface area (Å²) in [6.45, 7) is 3.51. The number of amides is 2. The van der Waals surface area contributed by atoms with Gasteiger partial charge in [-0.25, -0.2) is 9.37 Å². The van der Waals surface area contributed by atoms with Crippen LogP contribution in [-0.2, 0) is 11.3 Å². The Labute approximate surface area is 176 Å². The Hall–Kier alpha value is -2.96. The van der Waals surface area contributed by atoms with Gasteiger partial charge < -0.3 is 15.1 Å². The summed E-state index contributed by atoms with van der Waals surface area (Å²) in [6.07, 6.45) is 5.31. The highest BCUT2D eigenvalue weighted by Gasteiger charge is 2.26. The molecule has 30 heavy (non-hydrogen) atoms. The van der Waals surface area contributed by atoms with Crippen molar-refractivity contribution in [2.75, 3.05) is 31.1 Å². The number of carbonyl (C=O) groups excluding carboxylic acids is 2. The Balaban J connectivity index is 1.29. The number of nitrogens with one attached hydrogen (secondary N) is 1. The normalized spacial score (nSPS) is 17.2. The van der Waals surface area contributed by atoms with Gasteiger partial charge in [-0.15, -0.1) is 0 Å². The number of rotatable bonds is 5. The number of likely N-dealkylation sites (tertiary alicyclic amines) is 1. The zero-order chi connectivity index (χ0) is 20.9. The number of benzene rings is 1. The molecule has 0 aliphatic carbocycles. The van der Waals surface area contributed by atoms with E-state index in [0.29, 0.717) is 12.1 Å². The Morgan fingerprint density at radius 3 is 2.43 bits per heavy atom. The summed E-state index contributed by atoms with van der Waals surface area (Å²) in [7, 11) is 0. The second kappa shape index (κ2) is 9.24. The van der Waals surface area contributed by atoms with Crippen molar-refractivity contribution < 1.29 is 14.0 Å². The monoisotopic (exact) mass is 410 g/mol. The van der Waals surface area contributed by atoms with Gasteiger partial charge in [-0.3, -0.25) is 9.59 Å². The Bertz CT molecular complexity index is 888. The summed E-state index contributed by atoms with van der Waals surface area (Å²) in [5.74, 6) is 0.578. The number of aromatic nitrogens is 1. The highest BCUT2D eigenvalue weighted by atomic mass is 19.1. The van der Waals surface area contributed by atoms with Gasteiger partial charge in [0.05, 0.1) is 0 Å². The number of pyridine rings is 1. The number of anilines is 1. The van der Waals surface area contributed by atoms with Crippen molar-refractivity contribution in [2.45, 2.75) is 32.2 Å². The number of piperidine rings is 1. The molecule has 3 heterocycles. The molecule has 2 fully saturated rings. The minimum Gasteiger partial charge on any atom is -0.357 e. The van der Waals surface area contributed by atoms with E-state index in [1.165, 1.54) is 12.1 Å². The minimum absolute atomic E-state index is 0.0323. The van der Waals surface area contributed by atoms with Crippen LogP contribution >= 0.6 is 0 Å². The first-order valence-electron chi connectivity index (χ1n) is 10.6. The second-order valence-corrected chi connectivity index (χ2v) is 8.01. The molecule has 2 saturated heterocycles. The van der Waals surface area contributed by atoms with E-state index in [-0.39, 0.29) is 23.5 Å². The Morgan fingerprint density at radius 2 is 1.73 bits per heavy atom. The van der Waals surface area contributed by atoms with Gasteiger partial charge in [0.2, 0.25) is 5.91 Å². The van der Waals surface area contributed by atoms with Crippen LogP contribution in [0.15, 0.2) is 42.6 Å². The van der Waals surface area contributed by atoms with Gasteiger partial charge in [0.1, 0.15) is 11.6 Å². The van der Waals surface area contributed by atoms with Crippen LogP contribution < -0.4 is 10.2 Å². The Morgan fingerprint density at radius 1 is 1.03 bits per heavy atom. The number of halogens is 1. The van der Waals surface area contributed by atoms with Crippen LogP contribution in [0.1, 0.15) is 41.6 Å². The van der Waals surface area contributed by atoms with Gasteiger partial charge in [-0.2, -0.15) is 0 Å². The summed E-state index contributed by atoms with van der Waals surface area (Å²) in [5.41, 5.74) is 1.56. The molecule has 1 aromatic heterocycles. The fourth-order valence-corrected chi connectivity index (χ4v) is 4.13. The third kappa shape index (κ3) is 4.78. The van der Waals surface area contributed by atoms with Crippen LogP contribution in [0.25, 0.3) is 0 Å². The van der Waals surface area contributed by atoms with Crippen molar-refractivity contribution in [1.29, 1.82) is 0 Å². The molecule has 0 bridgehead atoms. The van der Waals surface area contributed by atoms with E-state index in [4.69, 9.17) is 0 Å². The summed E-state index contributed by atoms with van der Waals surface area (Å²) in [4.78, 5) is 33.6. The average molecular weight is 410 g/mol. The fraction of sp³-hybridized carbons (Fsp3) is 0.435. The summed E-state index contributed by atoms with van der Waals surface area (Å²) >= 11 is 0. The molecular weight excluding hydrogens is 383 g/mol. The maximum atomic E-state index is 13.0. The molecule has 2 aromatic rings. The SMILES string of the molecule is O=C(NCc1ccc(F)cc1)C1CCN(c2cc(C(=O)N3CCCC3)ccn2)CC1. The molecule has 158 valence electrons. The van der Waals surface area contributed by atoms with Gasteiger partial charge in [0, 0.05) is 50.4 Å². The highest BCUT2D eigenvalue weighted by Crippen LogP contribution is 2.23. The van der Waals surface area contributed by atoms with Crippen LogP contribution in [0.2, 0.25) is 0 Å². The van der Waals surface area contributed by atoms with Gasteiger partial charge in [0.25, 0.3) is 5.91 Å². The summed E-state index contributed by atoms with van der Waals surface area (Å²) in [6, 6.07) is 9.81. The lowest BCUT2D eigenvalue weighted by molar-refractivity contribution is -0.125. The molecule has 2 aliphatic heterocycles. The van der Waals surface area contributed by atoms with E-state index >= 15 is 0 Å². The van der Waals surface area contributed by atoms with E-state index in [0.717, 1.165) is 63.2 Å². The van der Waals surface area contributed by atoms with Crippen molar-refractivity contribution in [3.63, 3.8) is 0 Å². The second-order valence-electron chi connectivity index (χ2n) is 8.01. The zero-order valence-corrected chi connectivity index (χ0v) is 17.0. The molecule has 2 aliphatic rings. The summed E-state index contributed by atoms with van der Waals surface area (Å²) < 4.78 is 13.0. The predicted octanol–water partition coefficient (Wildman–Crippen LogP) is 2.99. The van der Waals surface area contributed by atoms with Crippen molar-refractivity contribution in [3.8, 4) is 0 Å². The molecule has 0 unspecified atom stereocenters. The molecule has 6 nitrogen and oxygen atoms in total. The van der Waals surface area contributed by atoms with Crippen LogP contribution in [0, 0.1) is 11.7 Å². The number of nitrogens with zero attached hydrogens (tertiary/aromatic N) is 3. The van der Waals surface area contributed by atoms with Crippen molar-refractivity contribution in [3.05, 3.63) is 59.5 Å². The first kappa shape index (κ1) is 20.3. The molecule has 1 N–H and O–H groups in total. The maximum Gasteiger partial charge on any atom is 0.254 e.